The maximum Gasteiger partial charge on any atom is 0.261 e. The first-order valence-corrected chi connectivity index (χ1v) is 13.6. The smallest absolute Gasteiger partial charge is 0.261 e. The molecule has 11 nitrogen and oxygen atoms in total. The van der Waals surface area contributed by atoms with Crippen LogP contribution in [0.25, 0.3) is 11.5 Å². The van der Waals surface area contributed by atoms with Crippen LogP contribution in [0.3, 0.4) is 0 Å². The number of fused-ring (bicyclic) bond motifs is 4. The van der Waals surface area contributed by atoms with E-state index in [2.05, 4.69) is 36.0 Å². The Labute approximate surface area is 231 Å². The molecule has 1 aromatic carbocycles. The molecule has 40 heavy (non-hydrogen) atoms. The molecule has 4 aliphatic heterocycles. The Morgan fingerprint density at radius 3 is 2.60 bits per heavy atom. The second-order valence-electron chi connectivity index (χ2n) is 10.7. The van der Waals surface area contributed by atoms with E-state index in [0.717, 1.165) is 50.3 Å². The standard InChI is InChI=1S/C29H30N8O3/c38-17-23(18-4-2-1-3-5-18)32-21-14-25(34-24-7-6-19-22(33-24)16-31-26(19)39)30-15-20(21)27-35-28(36-40-27)29-8-11-37(12-9-29)13-10-29/h1-7,14-15,23,38H,8-13,16-17H2,(H,31,39)(H2,30,32,33,34)/t23-/m1/s1. The van der Waals surface area contributed by atoms with E-state index in [-0.39, 0.29) is 24.0 Å². The molecule has 204 valence electrons. The summed E-state index contributed by atoms with van der Waals surface area (Å²) >= 11 is 0. The first-order chi connectivity index (χ1) is 19.6. The largest absolute Gasteiger partial charge is 0.394 e. The fourth-order valence-corrected chi connectivity index (χ4v) is 5.93. The predicted molar refractivity (Wildman–Crippen MR) is 148 cm³/mol. The Bertz CT molecular complexity index is 1530. The van der Waals surface area contributed by atoms with Crippen LogP contribution in [0.5, 0.6) is 0 Å². The molecule has 3 aromatic heterocycles. The van der Waals surface area contributed by atoms with Gasteiger partial charge in [0.2, 0.25) is 0 Å². The highest BCUT2D eigenvalue weighted by molar-refractivity contribution is 5.98. The molecule has 7 heterocycles. The number of anilines is 3. The number of hydrogen-bond donors (Lipinski definition) is 4. The maximum atomic E-state index is 11.9. The van der Waals surface area contributed by atoms with Gasteiger partial charge in [0.15, 0.2) is 5.82 Å². The molecule has 3 fully saturated rings. The molecule has 0 unspecified atom stereocenters. The summed E-state index contributed by atoms with van der Waals surface area (Å²) in [5, 5.41) is 24.2. The van der Waals surface area contributed by atoms with E-state index in [0.29, 0.717) is 46.6 Å². The number of carbonyl (C=O) groups excluding carboxylic acids is 1. The van der Waals surface area contributed by atoms with Gasteiger partial charge in [-0.1, -0.05) is 35.5 Å². The summed E-state index contributed by atoms with van der Waals surface area (Å²) in [7, 11) is 0. The highest BCUT2D eigenvalue weighted by Gasteiger charge is 2.44. The number of carbonyl (C=O) groups is 1. The van der Waals surface area contributed by atoms with Gasteiger partial charge >= 0.3 is 0 Å². The van der Waals surface area contributed by atoms with Crippen LogP contribution >= 0.6 is 0 Å². The average molecular weight is 539 g/mol. The minimum atomic E-state index is -0.367. The van der Waals surface area contributed by atoms with Gasteiger partial charge in [0, 0.05) is 17.7 Å². The minimum absolute atomic E-state index is 0.0355. The predicted octanol–water partition coefficient (Wildman–Crippen LogP) is 3.40. The third-order valence-electron chi connectivity index (χ3n) is 8.36. The monoisotopic (exact) mass is 538 g/mol. The number of rotatable bonds is 8. The molecule has 4 aliphatic rings. The van der Waals surface area contributed by atoms with Crippen LogP contribution < -0.4 is 16.0 Å². The van der Waals surface area contributed by atoms with Gasteiger partial charge in [-0.15, -0.1) is 0 Å². The molecule has 0 saturated carbocycles. The van der Waals surface area contributed by atoms with E-state index < -0.39 is 0 Å². The van der Waals surface area contributed by atoms with Gasteiger partial charge in [0.25, 0.3) is 11.8 Å². The lowest BCUT2D eigenvalue weighted by Gasteiger charge is -2.46. The van der Waals surface area contributed by atoms with Crippen molar-refractivity contribution in [2.45, 2.75) is 37.3 Å². The van der Waals surface area contributed by atoms with Gasteiger partial charge in [-0.05, 0) is 56.6 Å². The summed E-state index contributed by atoms with van der Waals surface area (Å²) in [6.07, 6.45) is 4.80. The van der Waals surface area contributed by atoms with Gasteiger partial charge < -0.3 is 30.5 Å². The lowest BCUT2D eigenvalue weighted by atomic mass is 9.71. The Balaban J connectivity index is 1.22. The van der Waals surface area contributed by atoms with Crippen LogP contribution in [0, 0.1) is 0 Å². The minimum Gasteiger partial charge on any atom is -0.394 e. The number of aromatic nitrogens is 4. The Morgan fingerprint density at radius 1 is 1.02 bits per heavy atom. The zero-order valence-corrected chi connectivity index (χ0v) is 21.9. The number of pyridine rings is 2. The molecule has 1 amide bonds. The molecule has 11 heteroatoms. The average Bonchev–Trinajstić information content (AvgIpc) is 3.65. The van der Waals surface area contributed by atoms with Crippen molar-refractivity contribution in [1.82, 2.24) is 30.3 Å². The van der Waals surface area contributed by atoms with E-state index >= 15 is 0 Å². The van der Waals surface area contributed by atoms with Crippen LogP contribution in [0.2, 0.25) is 0 Å². The SMILES string of the molecule is O=C1NCc2nc(Nc3cc(N[C@H](CO)c4ccccc4)c(-c4nc(C56CCN(CC5)CC6)no4)cn3)ccc21. The van der Waals surface area contributed by atoms with Crippen molar-refractivity contribution < 1.29 is 14.4 Å². The fraction of sp³-hybridized carbons (Fsp3) is 0.345. The molecular weight excluding hydrogens is 508 g/mol. The molecule has 0 aliphatic carbocycles. The van der Waals surface area contributed by atoms with E-state index in [4.69, 9.17) is 9.51 Å². The lowest BCUT2D eigenvalue weighted by Crippen LogP contribution is -2.51. The number of amides is 1. The lowest BCUT2D eigenvalue weighted by molar-refractivity contribution is 0.0747. The summed E-state index contributed by atoms with van der Waals surface area (Å²) < 4.78 is 5.84. The quantitative estimate of drug-likeness (QED) is 0.264. The van der Waals surface area contributed by atoms with Gasteiger partial charge in [-0.3, -0.25) is 4.79 Å². The van der Waals surface area contributed by atoms with Crippen molar-refractivity contribution in [3.8, 4) is 11.5 Å². The third kappa shape index (κ3) is 4.46. The second-order valence-corrected chi connectivity index (χ2v) is 10.7. The number of benzene rings is 1. The number of aliphatic hydroxyl groups excluding tert-OH is 1. The highest BCUT2D eigenvalue weighted by atomic mass is 16.5. The molecule has 0 spiro atoms. The second kappa shape index (κ2) is 10.00. The molecular formula is C29H30N8O3. The molecule has 4 N–H and O–H groups in total. The zero-order valence-electron chi connectivity index (χ0n) is 21.9. The van der Waals surface area contributed by atoms with Crippen LogP contribution in [0.15, 0.2) is 59.3 Å². The molecule has 1 atom stereocenters. The summed E-state index contributed by atoms with van der Waals surface area (Å²) in [6, 6.07) is 14.8. The maximum absolute atomic E-state index is 11.9. The summed E-state index contributed by atoms with van der Waals surface area (Å²) in [6.45, 7) is 3.48. The number of aliphatic hydroxyl groups is 1. The first kappa shape index (κ1) is 24.7. The topological polar surface area (TPSA) is 141 Å². The molecule has 3 saturated heterocycles. The van der Waals surface area contributed by atoms with Gasteiger partial charge in [-0.2, -0.15) is 4.98 Å². The van der Waals surface area contributed by atoms with E-state index in [1.54, 1.807) is 18.3 Å². The van der Waals surface area contributed by atoms with Crippen molar-refractivity contribution in [3.63, 3.8) is 0 Å². The van der Waals surface area contributed by atoms with Gasteiger partial charge in [-0.25, -0.2) is 9.97 Å². The number of nitrogens with one attached hydrogen (secondary N) is 3. The van der Waals surface area contributed by atoms with E-state index in [1.807, 2.05) is 36.4 Å². The Morgan fingerprint density at radius 2 is 1.82 bits per heavy atom. The van der Waals surface area contributed by atoms with Crippen LogP contribution in [0.1, 0.15) is 52.7 Å². The molecule has 8 rings (SSSR count). The number of piperidine rings is 3. The number of hydrogen-bond acceptors (Lipinski definition) is 10. The van der Waals surface area contributed by atoms with Crippen molar-refractivity contribution >= 4 is 23.2 Å². The summed E-state index contributed by atoms with van der Waals surface area (Å²) in [5.41, 5.74) is 3.52. The van der Waals surface area contributed by atoms with Crippen LogP contribution in [-0.2, 0) is 12.0 Å². The van der Waals surface area contributed by atoms with E-state index in [1.165, 1.54) is 0 Å². The van der Waals surface area contributed by atoms with Crippen molar-refractivity contribution in [2.24, 2.45) is 0 Å². The van der Waals surface area contributed by atoms with Gasteiger partial charge in [0.1, 0.15) is 11.6 Å². The van der Waals surface area contributed by atoms with E-state index in [9.17, 15) is 9.90 Å². The van der Waals surface area contributed by atoms with Crippen molar-refractivity contribution in [1.29, 1.82) is 0 Å². The number of nitrogens with zero attached hydrogens (tertiary/aromatic N) is 5. The highest BCUT2D eigenvalue weighted by Crippen LogP contribution is 2.42. The van der Waals surface area contributed by atoms with Crippen LogP contribution in [-0.4, -0.2) is 62.3 Å². The van der Waals surface area contributed by atoms with Crippen molar-refractivity contribution in [2.75, 3.05) is 36.9 Å². The zero-order chi connectivity index (χ0) is 27.1. The fourth-order valence-electron chi connectivity index (χ4n) is 5.93. The first-order valence-electron chi connectivity index (χ1n) is 13.6. The third-order valence-corrected chi connectivity index (χ3v) is 8.36. The molecule has 4 aromatic rings. The van der Waals surface area contributed by atoms with Crippen LogP contribution in [0.4, 0.5) is 17.3 Å². The Kier molecular flexibility index (Phi) is 6.17. The normalized spacial score (nSPS) is 22.0. The van der Waals surface area contributed by atoms with Crippen molar-refractivity contribution in [3.05, 3.63) is 77.4 Å². The summed E-state index contributed by atoms with van der Waals surface area (Å²) in [4.78, 5) is 28.5. The summed E-state index contributed by atoms with van der Waals surface area (Å²) in [5.74, 6) is 2.16. The van der Waals surface area contributed by atoms with Gasteiger partial charge in [0.05, 0.1) is 41.7 Å². The molecule has 0 radical (unpaired) electrons. The molecule has 2 bridgehead atoms. The Hall–Kier alpha value is -4.35.